The molecule has 1 saturated heterocycles. The van der Waals surface area contributed by atoms with Crippen LogP contribution in [0.1, 0.15) is 23.3 Å². The normalized spacial score (nSPS) is 17.3. The molecule has 94 valence electrons. The summed E-state index contributed by atoms with van der Waals surface area (Å²) in [7, 11) is 2.00. The molecule has 1 aliphatic rings. The van der Waals surface area contributed by atoms with Gasteiger partial charge in [0.2, 0.25) is 0 Å². The quantitative estimate of drug-likeness (QED) is 0.774. The average molecular weight is 239 g/mol. The first-order valence-electron chi connectivity index (χ1n) is 5.74. The molecular weight excluding hydrogens is 222 g/mol. The Balaban J connectivity index is 1.75. The van der Waals surface area contributed by atoms with Crippen molar-refractivity contribution in [3.8, 4) is 0 Å². The van der Waals surface area contributed by atoms with Crippen molar-refractivity contribution in [2.75, 3.05) is 26.9 Å². The number of carbonyl (C=O) groups excluding carboxylic acids is 1. The van der Waals surface area contributed by atoms with E-state index in [2.05, 4.69) is 19.9 Å². The van der Waals surface area contributed by atoms with Crippen LogP contribution in [0.25, 0.3) is 0 Å². The van der Waals surface area contributed by atoms with Gasteiger partial charge in [0.1, 0.15) is 6.26 Å². The number of nitrogens with one attached hydrogen (secondary N) is 1. The third kappa shape index (κ3) is 3.28. The van der Waals surface area contributed by atoms with Crippen LogP contribution in [-0.4, -0.2) is 48.9 Å². The molecule has 1 N–H and O–H groups in total. The molecule has 0 radical (unpaired) electrons. The topological polar surface area (TPSA) is 67.6 Å². The van der Waals surface area contributed by atoms with Crippen molar-refractivity contribution in [3.05, 3.63) is 18.0 Å². The lowest BCUT2D eigenvalue weighted by atomic mass is 10.1. The van der Waals surface area contributed by atoms with Gasteiger partial charge in [-0.3, -0.25) is 9.69 Å². The van der Waals surface area contributed by atoms with E-state index in [-0.39, 0.29) is 5.91 Å². The monoisotopic (exact) mass is 239 g/mol. The van der Waals surface area contributed by atoms with Crippen LogP contribution < -0.4 is 5.32 Å². The summed E-state index contributed by atoms with van der Waals surface area (Å²) in [5.41, 5.74) is 0.311. The lowest BCUT2D eigenvalue weighted by Gasteiger charge is -2.30. The number of hydrogen-bond donors (Lipinski definition) is 1. The van der Waals surface area contributed by atoms with Crippen molar-refractivity contribution in [3.63, 3.8) is 0 Å². The van der Waals surface area contributed by atoms with Gasteiger partial charge in [-0.1, -0.05) is 5.16 Å². The zero-order valence-electron chi connectivity index (χ0n) is 9.89. The molecule has 6 heteroatoms. The van der Waals surface area contributed by atoms with Gasteiger partial charge >= 0.3 is 0 Å². The van der Waals surface area contributed by atoms with Gasteiger partial charge in [0, 0.05) is 25.3 Å². The van der Waals surface area contributed by atoms with E-state index in [4.69, 9.17) is 4.74 Å². The smallest absolute Gasteiger partial charge is 0.274 e. The van der Waals surface area contributed by atoms with Crippen molar-refractivity contribution < 1.29 is 14.1 Å². The predicted octanol–water partition coefficient (Wildman–Crippen LogP) is 0.473. The molecule has 6 nitrogen and oxygen atoms in total. The Kier molecular flexibility index (Phi) is 4.11. The van der Waals surface area contributed by atoms with Gasteiger partial charge in [-0.25, -0.2) is 0 Å². The van der Waals surface area contributed by atoms with Crippen molar-refractivity contribution in [2.24, 2.45) is 0 Å². The number of amides is 1. The molecule has 0 bridgehead atoms. The molecule has 0 aromatic carbocycles. The summed E-state index contributed by atoms with van der Waals surface area (Å²) in [6, 6.07) is 2.02. The van der Waals surface area contributed by atoms with Gasteiger partial charge in [0.25, 0.3) is 5.91 Å². The molecule has 0 spiro atoms. The van der Waals surface area contributed by atoms with Gasteiger partial charge in [-0.05, 0) is 19.9 Å². The first kappa shape index (κ1) is 12.1. The van der Waals surface area contributed by atoms with E-state index in [9.17, 15) is 4.79 Å². The summed E-state index contributed by atoms with van der Waals surface area (Å²) in [6.07, 6.45) is 3.41. The van der Waals surface area contributed by atoms with E-state index in [1.165, 1.54) is 6.26 Å². The SMILES string of the molecule is CN(CNC(=O)c1ccon1)C1CCOCC1. The maximum atomic E-state index is 11.6. The van der Waals surface area contributed by atoms with E-state index in [0.29, 0.717) is 18.4 Å². The van der Waals surface area contributed by atoms with Gasteiger partial charge in [-0.15, -0.1) is 0 Å². The standard InChI is InChI=1S/C11H17N3O3/c1-14(9-2-5-16-6-3-9)8-12-11(15)10-4-7-17-13-10/h4,7,9H,2-3,5-6,8H2,1H3,(H,12,15). The number of hydrogen-bond acceptors (Lipinski definition) is 5. The van der Waals surface area contributed by atoms with Crippen molar-refractivity contribution in [1.29, 1.82) is 0 Å². The molecule has 1 fully saturated rings. The van der Waals surface area contributed by atoms with E-state index in [1.54, 1.807) is 6.07 Å². The molecule has 2 heterocycles. The second-order valence-corrected chi connectivity index (χ2v) is 4.15. The highest BCUT2D eigenvalue weighted by molar-refractivity contribution is 5.91. The molecule has 0 atom stereocenters. The Morgan fingerprint density at radius 3 is 3.00 bits per heavy atom. The highest BCUT2D eigenvalue weighted by Gasteiger charge is 2.19. The highest BCUT2D eigenvalue weighted by Crippen LogP contribution is 2.11. The number of nitrogens with zero attached hydrogens (tertiary/aromatic N) is 2. The van der Waals surface area contributed by atoms with Crippen molar-refractivity contribution >= 4 is 5.91 Å². The van der Waals surface area contributed by atoms with E-state index in [0.717, 1.165) is 26.1 Å². The molecule has 1 aliphatic heterocycles. The molecule has 0 unspecified atom stereocenters. The summed E-state index contributed by atoms with van der Waals surface area (Å²) < 4.78 is 9.92. The Bertz CT molecular complexity index is 347. The Hall–Kier alpha value is -1.40. The fraction of sp³-hybridized carbons (Fsp3) is 0.636. The van der Waals surface area contributed by atoms with Crippen LogP contribution >= 0.6 is 0 Å². The van der Waals surface area contributed by atoms with Crippen LogP contribution in [0.4, 0.5) is 0 Å². The van der Waals surface area contributed by atoms with Crippen LogP contribution in [0.3, 0.4) is 0 Å². The zero-order valence-corrected chi connectivity index (χ0v) is 9.89. The molecule has 1 amide bonds. The van der Waals surface area contributed by atoms with Crippen LogP contribution in [0, 0.1) is 0 Å². The molecule has 1 aromatic heterocycles. The van der Waals surface area contributed by atoms with Gasteiger partial charge in [0.05, 0.1) is 6.67 Å². The molecule has 17 heavy (non-hydrogen) atoms. The molecule has 2 rings (SSSR count). The third-order valence-corrected chi connectivity index (χ3v) is 2.97. The van der Waals surface area contributed by atoms with Crippen LogP contribution in [-0.2, 0) is 4.74 Å². The second-order valence-electron chi connectivity index (χ2n) is 4.15. The van der Waals surface area contributed by atoms with Gasteiger partial charge in [-0.2, -0.15) is 0 Å². The summed E-state index contributed by atoms with van der Waals surface area (Å²) in [5.74, 6) is -0.211. The third-order valence-electron chi connectivity index (χ3n) is 2.97. The Labute approximate surface area is 99.9 Å². The number of rotatable bonds is 4. The maximum absolute atomic E-state index is 11.6. The fourth-order valence-electron chi connectivity index (χ4n) is 1.87. The van der Waals surface area contributed by atoms with Gasteiger partial charge < -0.3 is 14.6 Å². The minimum Gasteiger partial charge on any atom is -0.381 e. The van der Waals surface area contributed by atoms with Crippen molar-refractivity contribution in [2.45, 2.75) is 18.9 Å². The summed E-state index contributed by atoms with van der Waals surface area (Å²) in [5, 5.41) is 6.39. The number of aromatic nitrogens is 1. The molecule has 1 aromatic rings. The van der Waals surface area contributed by atoms with Gasteiger partial charge in [0.15, 0.2) is 5.69 Å². The van der Waals surface area contributed by atoms with Crippen LogP contribution in [0.2, 0.25) is 0 Å². The summed E-state index contributed by atoms with van der Waals surface area (Å²) in [6.45, 7) is 2.11. The minimum atomic E-state index is -0.211. The van der Waals surface area contributed by atoms with Crippen molar-refractivity contribution in [1.82, 2.24) is 15.4 Å². The largest absolute Gasteiger partial charge is 0.381 e. The summed E-state index contributed by atoms with van der Waals surface area (Å²) >= 11 is 0. The fourth-order valence-corrected chi connectivity index (χ4v) is 1.87. The Morgan fingerprint density at radius 2 is 2.35 bits per heavy atom. The minimum absolute atomic E-state index is 0.211. The molecule has 0 aliphatic carbocycles. The van der Waals surface area contributed by atoms with E-state index in [1.807, 2.05) is 7.05 Å². The average Bonchev–Trinajstić information content (AvgIpc) is 2.90. The predicted molar refractivity (Wildman–Crippen MR) is 60.4 cm³/mol. The van der Waals surface area contributed by atoms with E-state index >= 15 is 0 Å². The maximum Gasteiger partial charge on any atom is 0.274 e. The van der Waals surface area contributed by atoms with E-state index < -0.39 is 0 Å². The van der Waals surface area contributed by atoms with Crippen LogP contribution in [0.15, 0.2) is 16.9 Å². The second kappa shape index (κ2) is 5.79. The summed E-state index contributed by atoms with van der Waals surface area (Å²) in [4.78, 5) is 13.7. The lowest BCUT2D eigenvalue weighted by molar-refractivity contribution is 0.0400. The Morgan fingerprint density at radius 1 is 1.59 bits per heavy atom. The molecular formula is C11H17N3O3. The number of carbonyl (C=O) groups is 1. The molecule has 0 saturated carbocycles. The zero-order chi connectivity index (χ0) is 12.1. The highest BCUT2D eigenvalue weighted by atomic mass is 16.5. The first-order valence-corrected chi connectivity index (χ1v) is 5.74. The first-order chi connectivity index (χ1) is 8.27. The number of ether oxygens (including phenoxy) is 1. The van der Waals surface area contributed by atoms with Crippen LogP contribution in [0.5, 0.6) is 0 Å². The lowest BCUT2D eigenvalue weighted by Crippen LogP contribution is -2.43.